The standard InChI is InChI=1S/C29H23Cl2NO2/c30-26-18-21-19-32(17-16-25(21)27(31)28(26)34-20-33)29(22-10-4-1-5-11-22,23-12-6-2-7-13-23)24-14-8-3-9-15-24/h1-15,18,20H,16-17,19H2. The van der Waals surface area contributed by atoms with Gasteiger partial charge in [0.15, 0.2) is 5.75 Å². The van der Waals surface area contributed by atoms with Gasteiger partial charge in [0, 0.05) is 13.1 Å². The molecule has 5 rings (SSSR count). The summed E-state index contributed by atoms with van der Waals surface area (Å²) in [5.41, 5.74) is 5.06. The molecule has 0 fully saturated rings. The molecule has 34 heavy (non-hydrogen) atoms. The zero-order chi connectivity index (χ0) is 23.5. The summed E-state index contributed by atoms with van der Waals surface area (Å²) in [5.74, 6) is 0.228. The van der Waals surface area contributed by atoms with Crippen LogP contribution in [0.25, 0.3) is 0 Å². The van der Waals surface area contributed by atoms with Crippen molar-refractivity contribution in [3.05, 3.63) is 135 Å². The number of rotatable bonds is 6. The van der Waals surface area contributed by atoms with Crippen molar-refractivity contribution in [2.75, 3.05) is 6.54 Å². The molecule has 4 aromatic rings. The van der Waals surface area contributed by atoms with Gasteiger partial charge >= 0.3 is 0 Å². The maximum atomic E-state index is 11.0. The first-order valence-electron chi connectivity index (χ1n) is 11.2. The summed E-state index contributed by atoms with van der Waals surface area (Å²) in [6.07, 6.45) is 0.703. The number of hydrogen-bond donors (Lipinski definition) is 0. The van der Waals surface area contributed by atoms with Crippen molar-refractivity contribution >= 4 is 29.7 Å². The molecule has 0 saturated heterocycles. The van der Waals surface area contributed by atoms with E-state index in [9.17, 15) is 4.79 Å². The number of ether oxygens (including phenoxy) is 1. The number of hydrogen-bond acceptors (Lipinski definition) is 3. The molecule has 170 valence electrons. The van der Waals surface area contributed by atoms with Crippen LogP contribution in [0.5, 0.6) is 5.75 Å². The van der Waals surface area contributed by atoms with Gasteiger partial charge in [-0.25, -0.2) is 0 Å². The molecule has 0 aliphatic carbocycles. The smallest absolute Gasteiger partial charge is 0.298 e. The number of nitrogens with zero attached hydrogens (tertiary/aromatic N) is 1. The highest BCUT2D eigenvalue weighted by atomic mass is 35.5. The molecule has 0 spiro atoms. The largest absolute Gasteiger partial charge is 0.426 e. The highest BCUT2D eigenvalue weighted by molar-refractivity contribution is 6.38. The number of halogens is 2. The average molecular weight is 488 g/mol. The molecule has 3 nitrogen and oxygen atoms in total. The van der Waals surface area contributed by atoms with Crippen LogP contribution in [0.2, 0.25) is 10.0 Å². The summed E-state index contributed by atoms with van der Waals surface area (Å²) in [7, 11) is 0. The van der Waals surface area contributed by atoms with E-state index in [4.69, 9.17) is 27.9 Å². The summed E-state index contributed by atoms with van der Waals surface area (Å²) in [6, 6.07) is 33.7. The molecule has 0 N–H and O–H groups in total. The zero-order valence-electron chi connectivity index (χ0n) is 18.5. The van der Waals surface area contributed by atoms with Crippen LogP contribution in [0.3, 0.4) is 0 Å². The van der Waals surface area contributed by atoms with Crippen LogP contribution in [0.1, 0.15) is 27.8 Å². The Hall–Kier alpha value is -3.11. The van der Waals surface area contributed by atoms with Gasteiger partial charge in [-0.1, -0.05) is 114 Å². The van der Waals surface area contributed by atoms with E-state index in [1.165, 1.54) is 16.7 Å². The minimum Gasteiger partial charge on any atom is -0.426 e. The first kappa shape index (κ1) is 22.7. The Morgan fingerprint density at radius 3 is 1.76 bits per heavy atom. The van der Waals surface area contributed by atoms with E-state index in [1.54, 1.807) is 0 Å². The highest BCUT2D eigenvalue weighted by Crippen LogP contribution is 2.47. The molecule has 0 unspecified atom stereocenters. The first-order valence-corrected chi connectivity index (χ1v) is 11.9. The summed E-state index contributed by atoms with van der Waals surface area (Å²) >= 11 is 13.1. The maximum Gasteiger partial charge on any atom is 0.298 e. The van der Waals surface area contributed by atoms with E-state index in [2.05, 4.69) is 77.7 Å². The lowest BCUT2D eigenvalue weighted by Crippen LogP contribution is -2.50. The summed E-state index contributed by atoms with van der Waals surface area (Å²) < 4.78 is 5.08. The van der Waals surface area contributed by atoms with E-state index in [-0.39, 0.29) is 5.75 Å². The van der Waals surface area contributed by atoms with Gasteiger partial charge < -0.3 is 4.74 Å². The normalized spacial score (nSPS) is 13.8. The zero-order valence-corrected chi connectivity index (χ0v) is 20.0. The second-order valence-corrected chi connectivity index (χ2v) is 9.12. The molecule has 0 aromatic heterocycles. The van der Waals surface area contributed by atoms with Gasteiger partial charge in [-0.3, -0.25) is 9.69 Å². The molecular weight excluding hydrogens is 465 g/mol. The van der Waals surface area contributed by atoms with E-state index in [1.807, 2.05) is 24.3 Å². The van der Waals surface area contributed by atoms with Crippen molar-refractivity contribution in [2.24, 2.45) is 0 Å². The van der Waals surface area contributed by atoms with Gasteiger partial charge in [0.2, 0.25) is 0 Å². The van der Waals surface area contributed by atoms with Crippen LogP contribution in [0.15, 0.2) is 97.1 Å². The topological polar surface area (TPSA) is 29.5 Å². The van der Waals surface area contributed by atoms with Crippen molar-refractivity contribution in [3.63, 3.8) is 0 Å². The highest BCUT2D eigenvalue weighted by Gasteiger charge is 2.43. The molecule has 1 aliphatic rings. The molecule has 0 radical (unpaired) electrons. The number of fused-ring (bicyclic) bond motifs is 1. The van der Waals surface area contributed by atoms with Crippen molar-refractivity contribution in [3.8, 4) is 5.75 Å². The third-order valence-corrected chi connectivity index (χ3v) is 7.26. The van der Waals surface area contributed by atoms with E-state index in [0.29, 0.717) is 29.5 Å². The SMILES string of the molecule is O=COc1c(Cl)cc2c(c1Cl)CCN(C(c1ccccc1)(c1ccccc1)c1ccccc1)C2. The third kappa shape index (κ3) is 3.80. The van der Waals surface area contributed by atoms with Gasteiger partial charge in [-0.05, 0) is 40.3 Å². The Kier molecular flexibility index (Phi) is 6.42. The van der Waals surface area contributed by atoms with E-state index < -0.39 is 5.54 Å². The molecule has 1 aliphatic heterocycles. The van der Waals surface area contributed by atoms with Gasteiger partial charge in [0.05, 0.1) is 15.6 Å². The van der Waals surface area contributed by atoms with Crippen LogP contribution in [-0.2, 0) is 23.3 Å². The fraction of sp³-hybridized carbons (Fsp3) is 0.138. The fourth-order valence-electron chi connectivity index (χ4n) is 5.16. The molecule has 0 atom stereocenters. The monoisotopic (exact) mass is 487 g/mol. The summed E-state index contributed by atoms with van der Waals surface area (Å²) in [4.78, 5) is 13.4. The van der Waals surface area contributed by atoms with Crippen molar-refractivity contribution < 1.29 is 9.53 Å². The Morgan fingerprint density at radius 1 is 0.794 bits per heavy atom. The molecule has 0 amide bonds. The second kappa shape index (κ2) is 9.63. The van der Waals surface area contributed by atoms with Crippen molar-refractivity contribution in [1.29, 1.82) is 0 Å². The lowest BCUT2D eigenvalue weighted by atomic mass is 9.74. The lowest BCUT2D eigenvalue weighted by Gasteiger charge is -2.47. The van der Waals surface area contributed by atoms with Gasteiger partial charge in [0.1, 0.15) is 0 Å². The van der Waals surface area contributed by atoms with Crippen LogP contribution in [-0.4, -0.2) is 17.9 Å². The predicted molar refractivity (Wildman–Crippen MR) is 136 cm³/mol. The van der Waals surface area contributed by atoms with Gasteiger partial charge in [-0.2, -0.15) is 0 Å². The van der Waals surface area contributed by atoms with Crippen LogP contribution in [0, 0.1) is 0 Å². The summed E-state index contributed by atoms with van der Waals surface area (Å²) in [5, 5.41) is 0.751. The number of carbonyl (C=O) groups excluding carboxylic acids is 1. The van der Waals surface area contributed by atoms with Crippen LogP contribution < -0.4 is 4.74 Å². The molecular formula is C29H23Cl2NO2. The fourth-order valence-corrected chi connectivity index (χ4v) is 5.84. The molecule has 1 heterocycles. The molecule has 5 heteroatoms. The van der Waals surface area contributed by atoms with Crippen LogP contribution in [0.4, 0.5) is 0 Å². The predicted octanol–water partition coefficient (Wildman–Crippen LogP) is 6.88. The summed E-state index contributed by atoms with van der Waals surface area (Å²) in [6.45, 7) is 1.75. The number of carbonyl (C=O) groups is 1. The van der Waals surface area contributed by atoms with Crippen molar-refractivity contribution in [1.82, 2.24) is 4.90 Å². The molecule has 0 saturated carbocycles. The van der Waals surface area contributed by atoms with Crippen LogP contribution >= 0.6 is 23.2 Å². The lowest BCUT2D eigenvalue weighted by molar-refractivity contribution is -0.120. The Morgan fingerprint density at radius 2 is 1.29 bits per heavy atom. The Balaban J connectivity index is 1.73. The van der Waals surface area contributed by atoms with E-state index in [0.717, 1.165) is 17.7 Å². The third-order valence-electron chi connectivity index (χ3n) is 6.58. The average Bonchev–Trinajstić information content (AvgIpc) is 2.89. The second-order valence-electron chi connectivity index (χ2n) is 8.33. The number of benzene rings is 4. The molecule has 0 bridgehead atoms. The minimum absolute atomic E-state index is 0.228. The first-order chi connectivity index (χ1) is 16.7. The van der Waals surface area contributed by atoms with Gasteiger partial charge in [-0.15, -0.1) is 0 Å². The maximum absolute atomic E-state index is 11.0. The Bertz CT molecular complexity index is 1200. The Labute approximate surface area is 209 Å². The quantitative estimate of drug-likeness (QED) is 0.219. The molecule has 4 aromatic carbocycles. The van der Waals surface area contributed by atoms with Gasteiger partial charge in [0.25, 0.3) is 6.47 Å². The minimum atomic E-state index is -0.515. The van der Waals surface area contributed by atoms with Crippen molar-refractivity contribution in [2.45, 2.75) is 18.5 Å². The van der Waals surface area contributed by atoms with E-state index >= 15 is 0 Å².